The fraction of sp³-hybridized carbons (Fsp3) is 0.487. The number of esters is 1. The van der Waals surface area contributed by atoms with Gasteiger partial charge in [-0.3, -0.25) is 14.4 Å². The van der Waals surface area contributed by atoms with E-state index < -0.39 is 18.1 Å². The molecule has 286 valence electrons. The highest BCUT2D eigenvalue weighted by molar-refractivity contribution is 5.86. The second-order valence-electron chi connectivity index (χ2n) is 14.6. The Balaban J connectivity index is 1.11. The Morgan fingerprint density at radius 1 is 0.722 bits per heavy atom. The molecule has 5 heterocycles. The van der Waals surface area contributed by atoms with Crippen LogP contribution in [0.2, 0.25) is 0 Å². The number of carbonyl (C=O) groups excluding carboxylic acids is 4. The number of H-pyrrole nitrogens is 2. The van der Waals surface area contributed by atoms with Crippen molar-refractivity contribution in [2.75, 3.05) is 27.3 Å². The first-order chi connectivity index (χ1) is 26.0. The molecule has 0 radical (unpaired) electrons. The van der Waals surface area contributed by atoms with E-state index in [2.05, 4.69) is 35.2 Å². The van der Waals surface area contributed by atoms with E-state index >= 15 is 0 Å². The fourth-order valence-corrected chi connectivity index (χ4v) is 7.31. The van der Waals surface area contributed by atoms with Crippen molar-refractivity contribution >= 4 is 23.9 Å². The lowest BCUT2D eigenvalue weighted by molar-refractivity contribution is -0.148. The molecule has 4 aromatic rings. The van der Waals surface area contributed by atoms with E-state index in [1.165, 1.54) is 14.2 Å². The standard InChI is InChI=1S/C39H49N9O6/c1-22(2)27(17-32(49)53-5)37(50)47-15-7-9-30(47)35-43-21-29(45-35)26-18-40-34(41-19-26)25-13-11-24(12-14-25)28-20-42-36(44-28)31-10-8-16-48(31)38(51)33(23(3)4)46-39(52)54-6/h11-14,18-23,27,30-31,33H,7-10,15-17H2,1-6H3,(H,42,44)(H,43,45)(H,46,52)/t27-,30-,31-,33-/m0/s1. The van der Waals surface area contributed by atoms with Gasteiger partial charge in [-0.25, -0.2) is 24.7 Å². The van der Waals surface area contributed by atoms with Crippen molar-refractivity contribution < 1.29 is 28.7 Å². The number of alkyl carbamates (subject to hydrolysis) is 1. The summed E-state index contributed by atoms with van der Waals surface area (Å²) in [6.45, 7) is 8.87. The molecule has 0 aliphatic carbocycles. The predicted molar refractivity (Wildman–Crippen MR) is 199 cm³/mol. The number of rotatable bonds is 12. The Morgan fingerprint density at radius 2 is 1.26 bits per heavy atom. The quantitative estimate of drug-likeness (QED) is 0.157. The molecule has 3 N–H and O–H groups in total. The number of imidazole rings is 2. The van der Waals surface area contributed by atoms with Crippen LogP contribution in [-0.4, -0.2) is 96.9 Å². The molecule has 54 heavy (non-hydrogen) atoms. The molecular weight excluding hydrogens is 690 g/mol. The van der Waals surface area contributed by atoms with Gasteiger partial charge in [-0.05, 0) is 43.1 Å². The Kier molecular flexibility index (Phi) is 11.7. The molecule has 15 heteroatoms. The number of amides is 3. The predicted octanol–water partition coefficient (Wildman–Crippen LogP) is 5.47. The topological polar surface area (TPSA) is 188 Å². The van der Waals surface area contributed by atoms with Gasteiger partial charge in [-0.15, -0.1) is 0 Å². The summed E-state index contributed by atoms with van der Waals surface area (Å²) in [7, 11) is 2.62. The van der Waals surface area contributed by atoms with Gasteiger partial charge in [0.1, 0.15) is 17.7 Å². The first-order valence-electron chi connectivity index (χ1n) is 18.5. The van der Waals surface area contributed by atoms with Gasteiger partial charge in [-0.2, -0.15) is 0 Å². The number of ether oxygens (including phenoxy) is 2. The summed E-state index contributed by atoms with van der Waals surface area (Å²) < 4.78 is 9.59. The van der Waals surface area contributed by atoms with Crippen LogP contribution in [0.1, 0.15) is 83.5 Å². The van der Waals surface area contributed by atoms with Crippen LogP contribution in [0.4, 0.5) is 4.79 Å². The summed E-state index contributed by atoms with van der Waals surface area (Å²) >= 11 is 0. The maximum atomic E-state index is 13.6. The van der Waals surface area contributed by atoms with Crippen molar-refractivity contribution in [3.8, 4) is 33.9 Å². The van der Waals surface area contributed by atoms with Gasteiger partial charge in [0, 0.05) is 36.6 Å². The summed E-state index contributed by atoms with van der Waals surface area (Å²) in [4.78, 5) is 80.0. The van der Waals surface area contributed by atoms with Gasteiger partial charge in [0.25, 0.3) is 0 Å². The number of hydrogen-bond acceptors (Lipinski definition) is 10. The lowest BCUT2D eigenvalue weighted by atomic mass is 9.91. The van der Waals surface area contributed by atoms with Crippen molar-refractivity contribution in [3.63, 3.8) is 0 Å². The van der Waals surface area contributed by atoms with Crippen molar-refractivity contribution in [2.45, 2.75) is 77.9 Å². The van der Waals surface area contributed by atoms with Gasteiger partial charge in [0.2, 0.25) is 11.8 Å². The monoisotopic (exact) mass is 739 g/mol. The Morgan fingerprint density at radius 3 is 1.78 bits per heavy atom. The van der Waals surface area contributed by atoms with Crippen LogP contribution >= 0.6 is 0 Å². The van der Waals surface area contributed by atoms with Gasteiger partial charge in [-0.1, -0.05) is 52.0 Å². The zero-order chi connectivity index (χ0) is 38.5. The number of benzene rings is 1. The normalized spacial score (nSPS) is 18.2. The Hall–Kier alpha value is -5.60. The number of hydrogen-bond donors (Lipinski definition) is 3. The number of methoxy groups -OCH3 is 2. The zero-order valence-electron chi connectivity index (χ0n) is 31.7. The second kappa shape index (κ2) is 16.6. The molecule has 2 saturated heterocycles. The van der Waals surface area contributed by atoms with Crippen LogP contribution in [0.5, 0.6) is 0 Å². The highest BCUT2D eigenvalue weighted by Gasteiger charge is 2.39. The third-order valence-corrected chi connectivity index (χ3v) is 10.4. The molecule has 2 aliphatic rings. The van der Waals surface area contributed by atoms with Crippen molar-refractivity contribution in [1.29, 1.82) is 0 Å². The number of aromatic nitrogens is 6. The minimum atomic E-state index is -0.697. The molecule has 2 aliphatic heterocycles. The van der Waals surface area contributed by atoms with E-state index in [9.17, 15) is 19.2 Å². The van der Waals surface area contributed by atoms with Crippen LogP contribution in [-0.2, 0) is 23.9 Å². The highest BCUT2D eigenvalue weighted by atomic mass is 16.5. The summed E-state index contributed by atoms with van der Waals surface area (Å²) in [5.74, 6) is 0.784. The molecule has 6 rings (SSSR count). The first kappa shape index (κ1) is 38.1. The molecular formula is C39H49N9O6. The second-order valence-corrected chi connectivity index (χ2v) is 14.6. The lowest BCUT2D eigenvalue weighted by Gasteiger charge is -2.30. The van der Waals surface area contributed by atoms with E-state index in [1.807, 2.05) is 56.9 Å². The van der Waals surface area contributed by atoms with E-state index in [0.29, 0.717) is 30.6 Å². The molecule has 0 saturated carbocycles. The zero-order valence-corrected chi connectivity index (χ0v) is 31.7. The summed E-state index contributed by atoms with van der Waals surface area (Å²) in [5, 5.41) is 2.68. The van der Waals surface area contributed by atoms with Crippen LogP contribution in [0, 0.1) is 17.8 Å². The summed E-state index contributed by atoms with van der Waals surface area (Å²) in [5.41, 5.74) is 4.10. The minimum absolute atomic E-state index is 0.00955. The maximum Gasteiger partial charge on any atom is 0.407 e. The Bertz CT molecular complexity index is 1800. The van der Waals surface area contributed by atoms with Gasteiger partial charge in [0.05, 0.1) is 62.4 Å². The molecule has 1 aromatic carbocycles. The van der Waals surface area contributed by atoms with Crippen LogP contribution < -0.4 is 5.32 Å². The fourth-order valence-electron chi connectivity index (χ4n) is 7.31. The van der Waals surface area contributed by atoms with Crippen LogP contribution in [0.3, 0.4) is 0 Å². The maximum absolute atomic E-state index is 13.6. The largest absolute Gasteiger partial charge is 0.469 e. The molecule has 3 aromatic heterocycles. The molecule has 0 unspecified atom stereocenters. The minimum Gasteiger partial charge on any atom is -0.469 e. The number of carbonyl (C=O) groups is 4. The molecule has 0 spiro atoms. The highest BCUT2D eigenvalue weighted by Crippen LogP contribution is 2.35. The first-order valence-corrected chi connectivity index (χ1v) is 18.5. The molecule has 2 fully saturated rings. The molecule has 0 bridgehead atoms. The van der Waals surface area contributed by atoms with E-state index in [1.54, 1.807) is 29.7 Å². The van der Waals surface area contributed by atoms with Crippen LogP contribution in [0.15, 0.2) is 49.1 Å². The average Bonchev–Trinajstić information content (AvgIpc) is 4.02. The molecule has 3 amide bonds. The van der Waals surface area contributed by atoms with Gasteiger partial charge in [0.15, 0.2) is 5.82 Å². The smallest absolute Gasteiger partial charge is 0.407 e. The third-order valence-electron chi connectivity index (χ3n) is 10.4. The lowest BCUT2D eigenvalue weighted by Crippen LogP contribution is -2.51. The SMILES string of the molecule is COC(=O)C[C@H](C(=O)N1CCC[C@H]1c1ncc(-c2cnc(-c3ccc(-c4cnc([C@@H]5CCCN5C(=O)[C@@H](NC(=O)OC)C(C)C)[nH]4)cc3)nc2)[nH]1)C(C)C. The van der Waals surface area contributed by atoms with Gasteiger partial charge < -0.3 is 34.6 Å². The average molecular weight is 740 g/mol. The third kappa shape index (κ3) is 8.14. The summed E-state index contributed by atoms with van der Waals surface area (Å²) in [6, 6.07) is 6.72. The van der Waals surface area contributed by atoms with Crippen molar-refractivity contribution in [3.05, 3.63) is 60.7 Å². The summed E-state index contributed by atoms with van der Waals surface area (Å²) in [6.07, 6.45) is 9.65. The van der Waals surface area contributed by atoms with E-state index in [-0.39, 0.29) is 48.1 Å². The van der Waals surface area contributed by atoms with Crippen molar-refractivity contribution in [1.82, 2.24) is 45.0 Å². The van der Waals surface area contributed by atoms with Gasteiger partial charge >= 0.3 is 12.1 Å². The van der Waals surface area contributed by atoms with E-state index in [4.69, 9.17) is 9.47 Å². The molecule has 4 atom stereocenters. The van der Waals surface area contributed by atoms with E-state index in [0.717, 1.165) is 53.8 Å². The molecule has 15 nitrogen and oxygen atoms in total. The number of aromatic amines is 2. The Labute approximate surface area is 314 Å². The van der Waals surface area contributed by atoms with Crippen molar-refractivity contribution in [2.24, 2.45) is 17.8 Å². The number of likely N-dealkylation sites (tertiary alicyclic amines) is 2. The number of nitrogens with one attached hydrogen (secondary N) is 3. The number of nitrogens with zero attached hydrogens (tertiary/aromatic N) is 6. The van der Waals surface area contributed by atoms with Crippen LogP contribution in [0.25, 0.3) is 33.9 Å².